The molecule has 25 heavy (non-hydrogen) atoms. The molecule has 1 unspecified atom stereocenters. The van der Waals surface area contributed by atoms with Crippen molar-refractivity contribution in [3.63, 3.8) is 0 Å². The molecule has 1 aromatic carbocycles. The zero-order chi connectivity index (χ0) is 17.1. The third-order valence-corrected chi connectivity index (χ3v) is 6.22. The largest absolute Gasteiger partial charge is 0.355 e. The van der Waals surface area contributed by atoms with Gasteiger partial charge >= 0.3 is 0 Å². The Labute approximate surface area is 152 Å². The van der Waals surface area contributed by atoms with E-state index < -0.39 is 0 Å². The Morgan fingerprint density at radius 1 is 1.16 bits per heavy atom. The first-order chi connectivity index (χ1) is 12.3. The number of rotatable bonds is 3. The van der Waals surface area contributed by atoms with Gasteiger partial charge in [0.15, 0.2) is 5.76 Å². The van der Waals surface area contributed by atoms with E-state index in [0.29, 0.717) is 17.4 Å². The molecular formula is C19H23N3O2S. The molecule has 3 heterocycles. The summed E-state index contributed by atoms with van der Waals surface area (Å²) in [5, 5.41) is 3.88. The molecule has 0 N–H and O–H groups in total. The van der Waals surface area contributed by atoms with E-state index in [1.54, 1.807) is 6.20 Å². The van der Waals surface area contributed by atoms with E-state index >= 15 is 0 Å². The molecule has 0 radical (unpaired) electrons. The number of benzene rings is 1. The van der Waals surface area contributed by atoms with Crippen LogP contribution in [0.5, 0.6) is 0 Å². The first-order valence-electron chi connectivity index (χ1n) is 8.94. The van der Waals surface area contributed by atoms with Crippen molar-refractivity contribution in [2.24, 2.45) is 0 Å². The fourth-order valence-corrected chi connectivity index (χ4v) is 4.93. The molecule has 1 amide bonds. The van der Waals surface area contributed by atoms with E-state index in [9.17, 15) is 4.79 Å². The molecule has 0 aliphatic carbocycles. The highest BCUT2D eigenvalue weighted by molar-refractivity contribution is 7.99. The number of carbonyl (C=O) groups excluding carboxylic acids is 1. The lowest BCUT2D eigenvalue weighted by atomic mass is 10.1. The number of thioether (sulfide) groups is 1. The van der Waals surface area contributed by atoms with Gasteiger partial charge in [-0.3, -0.25) is 9.69 Å². The van der Waals surface area contributed by atoms with Crippen LogP contribution in [-0.2, 0) is 0 Å². The summed E-state index contributed by atoms with van der Waals surface area (Å²) in [7, 11) is 0. The highest BCUT2D eigenvalue weighted by Crippen LogP contribution is 2.26. The molecule has 1 atom stereocenters. The Kier molecular flexibility index (Phi) is 5.08. The summed E-state index contributed by atoms with van der Waals surface area (Å²) >= 11 is 2.04. The Morgan fingerprint density at radius 3 is 2.84 bits per heavy atom. The van der Waals surface area contributed by atoms with Gasteiger partial charge in [0.2, 0.25) is 0 Å². The molecule has 1 aromatic heterocycles. The lowest BCUT2D eigenvalue weighted by Gasteiger charge is -2.26. The lowest BCUT2D eigenvalue weighted by molar-refractivity contribution is 0.0759. The molecule has 0 bridgehead atoms. The van der Waals surface area contributed by atoms with Gasteiger partial charge in [0.05, 0.1) is 6.20 Å². The predicted molar refractivity (Wildman–Crippen MR) is 99.8 cm³/mol. The average molecular weight is 357 g/mol. The van der Waals surface area contributed by atoms with Crippen molar-refractivity contribution in [2.75, 3.05) is 37.7 Å². The van der Waals surface area contributed by atoms with Crippen molar-refractivity contribution in [1.82, 2.24) is 15.0 Å². The van der Waals surface area contributed by atoms with Crippen LogP contribution in [0.25, 0.3) is 11.3 Å². The van der Waals surface area contributed by atoms with Crippen molar-refractivity contribution in [2.45, 2.75) is 18.9 Å². The number of aromatic nitrogens is 1. The first kappa shape index (κ1) is 16.7. The molecule has 6 heteroatoms. The van der Waals surface area contributed by atoms with E-state index in [2.05, 4.69) is 10.1 Å². The van der Waals surface area contributed by atoms with E-state index in [-0.39, 0.29) is 5.91 Å². The standard InChI is InChI=1S/C19H23N3O2S/c23-19(17-13-20-24-18(17)15-5-2-1-3-6-15)22-9-4-8-21(10-11-22)16-7-12-25-14-16/h1-3,5-6,13,16H,4,7-12,14H2. The maximum absolute atomic E-state index is 13.0. The van der Waals surface area contributed by atoms with Crippen molar-refractivity contribution < 1.29 is 9.32 Å². The van der Waals surface area contributed by atoms with Crippen LogP contribution in [0.1, 0.15) is 23.2 Å². The molecule has 0 spiro atoms. The van der Waals surface area contributed by atoms with Crippen LogP contribution in [0, 0.1) is 0 Å². The van der Waals surface area contributed by atoms with Gasteiger partial charge in [-0.2, -0.15) is 11.8 Å². The van der Waals surface area contributed by atoms with Crippen LogP contribution in [0.15, 0.2) is 41.1 Å². The van der Waals surface area contributed by atoms with Crippen LogP contribution < -0.4 is 0 Å². The molecule has 2 saturated heterocycles. The van der Waals surface area contributed by atoms with Crippen molar-refractivity contribution in [3.05, 3.63) is 42.1 Å². The minimum atomic E-state index is 0.0303. The zero-order valence-corrected chi connectivity index (χ0v) is 15.1. The van der Waals surface area contributed by atoms with Gasteiger partial charge in [0.1, 0.15) is 5.56 Å². The van der Waals surface area contributed by atoms with Crippen LogP contribution in [-0.4, -0.2) is 64.6 Å². The Morgan fingerprint density at radius 2 is 2.04 bits per heavy atom. The van der Waals surface area contributed by atoms with Gasteiger partial charge in [-0.1, -0.05) is 35.5 Å². The number of hydrogen-bond acceptors (Lipinski definition) is 5. The molecule has 2 aromatic rings. The SMILES string of the molecule is O=C(c1cnoc1-c1ccccc1)N1CCCN(C2CCSC2)CC1. The van der Waals surface area contributed by atoms with Gasteiger partial charge in [-0.15, -0.1) is 0 Å². The molecule has 2 aliphatic heterocycles. The van der Waals surface area contributed by atoms with E-state index in [0.717, 1.165) is 38.2 Å². The number of nitrogens with zero attached hydrogens (tertiary/aromatic N) is 3. The topological polar surface area (TPSA) is 49.6 Å². The molecular weight excluding hydrogens is 334 g/mol. The normalized spacial score (nSPS) is 22.1. The highest BCUT2D eigenvalue weighted by Gasteiger charge is 2.28. The highest BCUT2D eigenvalue weighted by atomic mass is 32.2. The number of carbonyl (C=O) groups is 1. The summed E-state index contributed by atoms with van der Waals surface area (Å²) in [5.74, 6) is 3.10. The smallest absolute Gasteiger partial charge is 0.259 e. The fourth-order valence-electron chi connectivity index (χ4n) is 3.68. The van der Waals surface area contributed by atoms with Gasteiger partial charge in [0.25, 0.3) is 5.91 Å². The maximum Gasteiger partial charge on any atom is 0.259 e. The summed E-state index contributed by atoms with van der Waals surface area (Å²) in [4.78, 5) is 17.6. The second kappa shape index (κ2) is 7.62. The van der Waals surface area contributed by atoms with Gasteiger partial charge in [-0.05, 0) is 18.6 Å². The molecule has 2 fully saturated rings. The van der Waals surface area contributed by atoms with Crippen LogP contribution >= 0.6 is 11.8 Å². The summed E-state index contributed by atoms with van der Waals surface area (Å²) < 4.78 is 5.39. The third kappa shape index (κ3) is 3.60. The summed E-state index contributed by atoms with van der Waals surface area (Å²) in [6, 6.07) is 10.4. The summed E-state index contributed by atoms with van der Waals surface area (Å²) in [5.41, 5.74) is 1.46. The van der Waals surface area contributed by atoms with E-state index in [4.69, 9.17) is 4.52 Å². The quantitative estimate of drug-likeness (QED) is 0.845. The molecule has 5 nitrogen and oxygen atoms in total. The summed E-state index contributed by atoms with van der Waals surface area (Å²) in [6.45, 7) is 3.63. The average Bonchev–Trinajstić information content (AvgIpc) is 3.30. The molecule has 132 valence electrons. The van der Waals surface area contributed by atoms with Crippen LogP contribution in [0.2, 0.25) is 0 Å². The zero-order valence-electron chi connectivity index (χ0n) is 14.3. The second-order valence-corrected chi connectivity index (χ2v) is 7.78. The van der Waals surface area contributed by atoms with Gasteiger partial charge in [-0.25, -0.2) is 0 Å². The Hall–Kier alpha value is -1.79. The minimum absolute atomic E-state index is 0.0303. The number of amides is 1. The maximum atomic E-state index is 13.0. The predicted octanol–water partition coefficient (Wildman–Crippen LogP) is 3.00. The Balaban J connectivity index is 1.47. The number of hydrogen-bond donors (Lipinski definition) is 0. The minimum Gasteiger partial charge on any atom is -0.355 e. The summed E-state index contributed by atoms with van der Waals surface area (Å²) in [6.07, 6.45) is 3.86. The fraction of sp³-hybridized carbons (Fsp3) is 0.474. The first-order valence-corrected chi connectivity index (χ1v) is 10.1. The molecule has 2 aliphatic rings. The van der Waals surface area contributed by atoms with Crippen molar-refractivity contribution in [3.8, 4) is 11.3 Å². The second-order valence-electron chi connectivity index (χ2n) is 6.63. The monoisotopic (exact) mass is 357 g/mol. The molecule has 4 rings (SSSR count). The van der Waals surface area contributed by atoms with Crippen LogP contribution in [0.4, 0.5) is 0 Å². The van der Waals surface area contributed by atoms with Crippen molar-refractivity contribution >= 4 is 17.7 Å². The van der Waals surface area contributed by atoms with E-state index in [1.165, 1.54) is 17.9 Å². The van der Waals surface area contributed by atoms with Gasteiger partial charge in [0, 0.05) is 43.5 Å². The van der Waals surface area contributed by atoms with E-state index in [1.807, 2.05) is 47.0 Å². The third-order valence-electron chi connectivity index (χ3n) is 5.08. The van der Waals surface area contributed by atoms with Crippen LogP contribution in [0.3, 0.4) is 0 Å². The lowest BCUT2D eigenvalue weighted by Crippen LogP contribution is -2.39. The molecule has 0 saturated carbocycles. The van der Waals surface area contributed by atoms with Crippen molar-refractivity contribution in [1.29, 1.82) is 0 Å². The Bertz CT molecular complexity index is 712. The van der Waals surface area contributed by atoms with Gasteiger partial charge < -0.3 is 9.42 Å².